The van der Waals surface area contributed by atoms with Gasteiger partial charge < -0.3 is 10.5 Å². The molecule has 5 heteroatoms. The monoisotopic (exact) mass is 297 g/mol. The summed E-state index contributed by atoms with van der Waals surface area (Å²) in [5.74, 6) is 1.35. The van der Waals surface area contributed by atoms with E-state index < -0.39 is 0 Å². The molecule has 0 saturated carbocycles. The maximum Gasteiger partial charge on any atom is 0.159 e. The summed E-state index contributed by atoms with van der Waals surface area (Å²) < 4.78 is 5.14. The van der Waals surface area contributed by atoms with Crippen molar-refractivity contribution in [2.45, 2.75) is 5.75 Å². The van der Waals surface area contributed by atoms with Crippen molar-refractivity contribution in [3.8, 4) is 11.8 Å². The van der Waals surface area contributed by atoms with E-state index in [0.29, 0.717) is 16.5 Å². The Kier molecular flexibility index (Phi) is 5.24. The highest BCUT2D eigenvalue weighted by Gasteiger charge is 2.03. The quantitative estimate of drug-likeness (QED) is 0.693. The van der Waals surface area contributed by atoms with Gasteiger partial charge in [0.25, 0.3) is 0 Å². The zero-order chi connectivity index (χ0) is 15.1. The number of aliphatic imine (C=N–C) groups is 1. The van der Waals surface area contributed by atoms with Gasteiger partial charge >= 0.3 is 0 Å². The van der Waals surface area contributed by atoms with E-state index in [-0.39, 0.29) is 0 Å². The number of nitrogens with two attached hydrogens (primary N) is 1. The third kappa shape index (κ3) is 4.26. The molecule has 106 valence electrons. The molecule has 0 aliphatic rings. The van der Waals surface area contributed by atoms with Crippen molar-refractivity contribution in [3.05, 3.63) is 59.7 Å². The molecule has 0 spiro atoms. The second kappa shape index (κ2) is 7.36. The molecular weight excluding hydrogens is 282 g/mol. The van der Waals surface area contributed by atoms with Crippen LogP contribution >= 0.6 is 11.8 Å². The molecule has 2 aromatic rings. The van der Waals surface area contributed by atoms with Crippen molar-refractivity contribution < 1.29 is 4.74 Å². The highest BCUT2D eigenvalue weighted by molar-refractivity contribution is 8.13. The molecule has 0 amide bonds. The third-order valence-corrected chi connectivity index (χ3v) is 3.65. The van der Waals surface area contributed by atoms with E-state index in [2.05, 4.69) is 11.1 Å². The van der Waals surface area contributed by atoms with E-state index in [0.717, 1.165) is 17.0 Å². The molecule has 4 nitrogen and oxygen atoms in total. The van der Waals surface area contributed by atoms with Crippen molar-refractivity contribution in [2.24, 2.45) is 10.7 Å². The number of amidine groups is 1. The number of rotatable bonds is 4. The molecule has 0 heterocycles. The van der Waals surface area contributed by atoms with E-state index in [4.69, 9.17) is 15.7 Å². The van der Waals surface area contributed by atoms with Gasteiger partial charge in [0.05, 0.1) is 24.4 Å². The average molecular weight is 297 g/mol. The summed E-state index contributed by atoms with van der Waals surface area (Å²) in [7, 11) is 1.61. The van der Waals surface area contributed by atoms with Crippen LogP contribution in [0.3, 0.4) is 0 Å². The number of hydrogen-bond donors (Lipinski definition) is 1. The summed E-state index contributed by atoms with van der Waals surface area (Å²) in [4.78, 5) is 4.33. The Morgan fingerprint density at radius 2 is 2.10 bits per heavy atom. The lowest BCUT2D eigenvalue weighted by molar-refractivity contribution is 0.415. The van der Waals surface area contributed by atoms with Crippen LogP contribution in [0.4, 0.5) is 5.69 Å². The fraction of sp³-hybridized carbons (Fsp3) is 0.125. The Balaban J connectivity index is 2.05. The van der Waals surface area contributed by atoms with Crippen LogP contribution in [0.25, 0.3) is 0 Å². The number of nitrogens with zero attached hydrogens (tertiary/aromatic N) is 2. The predicted octanol–water partition coefficient (Wildman–Crippen LogP) is 3.45. The molecule has 0 aliphatic heterocycles. The van der Waals surface area contributed by atoms with Crippen LogP contribution in [-0.2, 0) is 5.75 Å². The standard InChI is InChI=1S/C16H15N3OS/c1-20-15-8-4-7-14(9-15)19-16(18)21-11-13-6-3-2-5-12(13)10-17/h2-9H,11H2,1H3,(H2,18,19). The largest absolute Gasteiger partial charge is 0.497 e. The Hall–Kier alpha value is -2.45. The summed E-state index contributed by atoms with van der Waals surface area (Å²) >= 11 is 1.40. The maximum atomic E-state index is 9.04. The Bertz CT molecular complexity index is 692. The first-order chi connectivity index (χ1) is 10.2. The van der Waals surface area contributed by atoms with E-state index in [9.17, 15) is 0 Å². The lowest BCUT2D eigenvalue weighted by Crippen LogP contribution is -2.06. The molecule has 0 radical (unpaired) electrons. The van der Waals surface area contributed by atoms with Gasteiger partial charge in [0.2, 0.25) is 0 Å². The third-order valence-electron chi connectivity index (χ3n) is 2.81. The minimum atomic E-state index is 0.455. The van der Waals surface area contributed by atoms with Crippen LogP contribution in [-0.4, -0.2) is 12.3 Å². The van der Waals surface area contributed by atoms with Gasteiger partial charge in [0.15, 0.2) is 5.17 Å². The lowest BCUT2D eigenvalue weighted by atomic mass is 10.1. The normalized spacial score (nSPS) is 11.0. The molecule has 0 unspecified atom stereocenters. The summed E-state index contributed by atoms with van der Waals surface area (Å²) in [6.07, 6.45) is 0. The van der Waals surface area contributed by atoms with Crippen molar-refractivity contribution in [1.29, 1.82) is 5.26 Å². The van der Waals surface area contributed by atoms with Crippen molar-refractivity contribution >= 4 is 22.6 Å². The summed E-state index contributed by atoms with van der Waals surface area (Å²) in [6.45, 7) is 0. The molecule has 0 saturated heterocycles. The first-order valence-electron chi connectivity index (χ1n) is 6.32. The zero-order valence-corrected chi connectivity index (χ0v) is 12.4. The van der Waals surface area contributed by atoms with E-state index in [1.165, 1.54) is 11.8 Å². The maximum absolute atomic E-state index is 9.04. The van der Waals surface area contributed by atoms with Crippen molar-refractivity contribution in [1.82, 2.24) is 0 Å². The number of hydrogen-bond acceptors (Lipinski definition) is 4. The van der Waals surface area contributed by atoms with Crippen LogP contribution in [0.15, 0.2) is 53.5 Å². The van der Waals surface area contributed by atoms with Crippen molar-refractivity contribution in [2.75, 3.05) is 7.11 Å². The van der Waals surface area contributed by atoms with Crippen LogP contribution in [0.2, 0.25) is 0 Å². The van der Waals surface area contributed by atoms with Crippen LogP contribution in [0.5, 0.6) is 5.75 Å². The summed E-state index contributed by atoms with van der Waals surface area (Å²) in [5, 5.41) is 9.50. The van der Waals surface area contributed by atoms with E-state index >= 15 is 0 Å². The topological polar surface area (TPSA) is 71.4 Å². The first kappa shape index (κ1) is 14.9. The van der Waals surface area contributed by atoms with Crippen LogP contribution in [0, 0.1) is 11.3 Å². The van der Waals surface area contributed by atoms with Gasteiger partial charge in [-0.1, -0.05) is 36.0 Å². The van der Waals surface area contributed by atoms with Gasteiger partial charge in [-0.3, -0.25) is 0 Å². The number of methoxy groups -OCH3 is 1. The second-order valence-electron chi connectivity index (χ2n) is 4.21. The minimum Gasteiger partial charge on any atom is -0.497 e. The number of nitriles is 1. The van der Waals surface area contributed by atoms with Gasteiger partial charge in [-0.05, 0) is 23.8 Å². The summed E-state index contributed by atoms with van der Waals surface area (Å²) in [5.41, 5.74) is 8.29. The highest BCUT2D eigenvalue weighted by atomic mass is 32.2. The van der Waals surface area contributed by atoms with Crippen LogP contribution < -0.4 is 10.5 Å². The lowest BCUT2D eigenvalue weighted by Gasteiger charge is -2.04. The Morgan fingerprint density at radius 3 is 2.86 bits per heavy atom. The average Bonchev–Trinajstić information content (AvgIpc) is 2.53. The van der Waals surface area contributed by atoms with Gasteiger partial charge in [0.1, 0.15) is 5.75 Å². The second-order valence-corrected chi connectivity index (χ2v) is 5.20. The molecule has 2 aromatic carbocycles. The molecule has 2 rings (SSSR count). The zero-order valence-electron chi connectivity index (χ0n) is 11.6. The van der Waals surface area contributed by atoms with Crippen LogP contribution in [0.1, 0.15) is 11.1 Å². The number of benzene rings is 2. The van der Waals surface area contributed by atoms with E-state index in [1.807, 2.05) is 42.5 Å². The molecular formula is C16H15N3OS. The van der Waals surface area contributed by atoms with E-state index in [1.54, 1.807) is 13.2 Å². The molecule has 0 aliphatic carbocycles. The molecule has 0 atom stereocenters. The first-order valence-corrected chi connectivity index (χ1v) is 7.30. The van der Waals surface area contributed by atoms with Crippen molar-refractivity contribution in [3.63, 3.8) is 0 Å². The number of thioether (sulfide) groups is 1. The SMILES string of the molecule is COc1cccc(N=C(N)SCc2ccccc2C#N)c1. The smallest absolute Gasteiger partial charge is 0.159 e. The van der Waals surface area contributed by atoms with Gasteiger partial charge in [-0.25, -0.2) is 4.99 Å². The van der Waals surface area contributed by atoms with Gasteiger partial charge in [-0.15, -0.1) is 0 Å². The number of ether oxygens (including phenoxy) is 1. The molecule has 21 heavy (non-hydrogen) atoms. The predicted molar refractivity (Wildman–Crippen MR) is 86.7 cm³/mol. The Labute approximate surface area is 128 Å². The summed E-state index contributed by atoms with van der Waals surface area (Å²) in [6, 6.07) is 17.0. The molecule has 0 aromatic heterocycles. The van der Waals surface area contributed by atoms with Gasteiger partial charge in [0, 0.05) is 11.8 Å². The molecule has 2 N–H and O–H groups in total. The van der Waals surface area contributed by atoms with Gasteiger partial charge in [-0.2, -0.15) is 5.26 Å². The minimum absolute atomic E-state index is 0.455. The Morgan fingerprint density at radius 1 is 1.29 bits per heavy atom. The fourth-order valence-corrected chi connectivity index (χ4v) is 2.47. The molecule has 0 fully saturated rings. The fourth-order valence-electron chi connectivity index (χ4n) is 1.75. The highest BCUT2D eigenvalue weighted by Crippen LogP contribution is 2.22. The molecule has 0 bridgehead atoms.